The lowest BCUT2D eigenvalue weighted by molar-refractivity contribution is -0.145. The maximum atomic E-state index is 12.9. The number of alkyl halides is 3. The molecule has 1 atom stereocenters. The van der Waals surface area contributed by atoms with E-state index in [0.717, 1.165) is 53.0 Å². The second-order valence-electron chi connectivity index (χ2n) is 8.47. The molecule has 3 rings (SSSR count). The fourth-order valence-electron chi connectivity index (χ4n) is 3.79. The van der Waals surface area contributed by atoms with Gasteiger partial charge in [0.1, 0.15) is 5.75 Å². The van der Waals surface area contributed by atoms with Gasteiger partial charge in [-0.1, -0.05) is 56.2 Å². The third-order valence-electron chi connectivity index (χ3n) is 5.72. The van der Waals surface area contributed by atoms with Gasteiger partial charge < -0.3 is 9.47 Å². The van der Waals surface area contributed by atoms with Crippen LogP contribution >= 0.6 is 11.8 Å². The summed E-state index contributed by atoms with van der Waals surface area (Å²) >= 11 is 1.77. The van der Waals surface area contributed by atoms with Crippen LogP contribution in [-0.4, -0.2) is 19.2 Å². The van der Waals surface area contributed by atoms with Gasteiger partial charge in [0.05, 0.1) is 12.2 Å². The summed E-state index contributed by atoms with van der Waals surface area (Å²) in [4.78, 5) is 12.7. The SMILES string of the molecule is CCCC[C@@H](Sc1ccc(OCC(=O)OCC)c(C)c1)c1ccc(-c2ccc(C(F)(F)F)cc2)cc1. The van der Waals surface area contributed by atoms with Crippen LogP contribution in [0.3, 0.4) is 0 Å². The summed E-state index contributed by atoms with van der Waals surface area (Å²) in [6.07, 6.45) is -1.17. The highest BCUT2D eigenvalue weighted by Crippen LogP contribution is 2.41. The van der Waals surface area contributed by atoms with Crippen molar-refractivity contribution in [3.8, 4) is 16.9 Å². The molecule has 0 aliphatic carbocycles. The first kappa shape index (κ1) is 27.7. The molecule has 3 nitrogen and oxygen atoms in total. The molecule has 0 aromatic heterocycles. The van der Waals surface area contributed by atoms with Crippen LogP contribution in [0, 0.1) is 6.92 Å². The number of esters is 1. The zero-order valence-electron chi connectivity index (χ0n) is 20.7. The van der Waals surface area contributed by atoms with E-state index in [4.69, 9.17) is 9.47 Å². The lowest BCUT2D eigenvalue weighted by atomic mass is 10.00. The highest BCUT2D eigenvalue weighted by atomic mass is 32.2. The Labute approximate surface area is 215 Å². The molecule has 0 saturated heterocycles. The number of benzene rings is 3. The van der Waals surface area contributed by atoms with Gasteiger partial charge in [-0.2, -0.15) is 13.2 Å². The number of thioether (sulfide) groups is 1. The van der Waals surface area contributed by atoms with E-state index in [9.17, 15) is 18.0 Å². The van der Waals surface area contributed by atoms with E-state index in [-0.39, 0.29) is 11.9 Å². The van der Waals surface area contributed by atoms with Crippen molar-refractivity contribution in [3.05, 3.63) is 83.4 Å². The van der Waals surface area contributed by atoms with Gasteiger partial charge in [-0.25, -0.2) is 4.79 Å². The third kappa shape index (κ3) is 7.79. The van der Waals surface area contributed by atoms with Crippen molar-refractivity contribution in [1.82, 2.24) is 0 Å². The number of hydrogen-bond acceptors (Lipinski definition) is 4. The molecule has 0 radical (unpaired) electrons. The van der Waals surface area contributed by atoms with E-state index in [1.54, 1.807) is 18.7 Å². The van der Waals surface area contributed by atoms with Crippen molar-refractivity contribution in [2.45, 2.75) is 56.4 Å². The fourth-order valence-corrected chi connectivity index (χ4v) is 5.08. The highest BCUT2D eigenvalue weighted by Gasteiger charge is 2.30. The van der Waals surface area contributed by atoms with Gasteiger partial charge in [-0.05, 0) is 72.9 Å². The number of hydrogen-bond donors (Lipinski definition) is 0. The predicted molar refractivity (Wildman–Crippen MR) is 138 cm³/mol. The van der Waals surface area contributed by atoms with Gasteiger partial charge in [0, 0.05) is 10.1 Å². The molecule has 7 heteroatoms. The predicted octanol–water partition coefficient (Wildman–Crippen LogP) is 8.65. The Hall–Kier alpha value is -2.93. The maximum absolute atomic E-state index is 12.9. The summed E-state index contributed by atoms with van der Waals surface area (Å²) in [6.45, 7) is 6.07. The largest absolute Gasteiger partial charge is 0.482 e. The summed E-state index contributed by atoms with van der Waals surface area (Å²) in [7, 11) is 0. The quantitative estimate of drug-likeness (QED) is 0.189. The second-order valence-corrected chi connectivity index (χ2v) is 9.74. The number of ether oxygens (including phenoxy) is 2. The third-order valence-corrected chi connectivity index (χ3v) is 7.04. The normalized spacial score (nSPS) is 12.3. The van der Waals surface area contributed by atoms with Crippen LogP contribution in [0.4, 0.5) is 13.2 Å². The number of aryl methyl sites for hydroxylation is 1. The molecule has 0 aliphatic rings. The smallest absolute Gasteiger partial charge is 0.416 e. The van der Waals surface area contributed by atoms with Crippen LogP contribution in [0.2, 0.25) is 0 Å². The lowest BCUT2D eigenvalue weighted by Gasteiger charge is -2.18. The van der Waals surface area contributed by atoms with Gasteiger partial charge in [0.15, 0.2) is 6.61 Å². The number of unbranched alkanes of at least 4 members (excludes halogenated alkanes) is 1. The van der Waals surface area contributed by atoms with Gasteiger partial charge in [0.2, 0.25) is 0 Å². The Morgan fingerprint density at radius 3 is 2.14 bits per heavy atom. The molecule has 36 heavy (non-hydrogen) atoms. The minimum Gasteiger partial charge on any atom is -0.482 e. The summed E-state index contributed by atoms with van der Waals surface area (Å²) in [5.41, 5.74) is 3.10. The Morgan fingerprint density at radius 1 is 0.944 bits per heavy atom. The van der Waals surface area contributed by atoms with Crippen LogP contribution in [0.1, 0.15) is 55.1 Å². The molecular formula is C29H31F3O3S. The number of halogens is 3. The van der Waals surface area contributed by atoms with E-state index in [1.165, 1.54) is 17.7 Å². The van der Waals surface area contributed by atoms with E-state index in [1.807, 2.05) is 31.2 Å². The van der Waals surface area contributed by atoms with Crippen LogP contribution in [0.5, 0.6) is 5.75 Å². The van der Waals surface area contributed by atoms with Gasteiger partial charge in [-0.15, -0.1) is 11.8 Å². The molecule has 0 N–H and O–H groups in total. The van der Waals surface area contributed by atoms with Gasteiger partial charge >= 0.3 is 12.1 Å². The topological polar surface area (TPSA) is 35.5 Å². The highest BCUT2D eigenvalue weighted by molar-refractivity contribution is 7.99. The standard InChI is InChI=1S/C29H31F3O3S/c1-4-6-7-27(36-25-16-17-26(20(3)18-25)35-19-28(33)34-5-2)23-10-8-21(9-11-23)22-12-14-24(15-13-22)29(30,31)32/h8-18,27H,4-7,19H2,1-3H3/t27-/m1/s1. The number of rotatable bonds is 11. The van der Waals surface area contributed by atoms with Crippen molar-refractivity contribution in [2.24, 2.45) is 0 Å². The van der Waals surface area contributed by atoms with Gasteiger partial charge in [-0.3, -0.25) is 0 Å². The molecular weight excluding hydrogens is 485 g/mol. The Balaban J connectivity index is 1.72. The van der Waals surface area contributed by atoms with Crippen molar-refractivity contribution < 1.29 is 27.4 Å². The molecule has 0 saturated carbocycles. The van der Waals surface area contributed by atoms with Crippen LogP contribution in [-0.2, 0) is 15.7 Å². The molecule has 0 unspecified atom stereocenters. The molecule has 0 fully saturated rings. The van der Waals surface area contributed by atoms with Crippen molar-refractivity contribution in [2.75, 3.05) is 13.2 Å². The van der Waals surface area contributed by atoms with Crippen LogP contribution < -0.4 is 4.74 Å². The van der Waals surface area contributed by atoms with E-state index >= 15 is 0 Å². The van der Waals surface area contributed by atoms with Gasteiger partial charge in [0.25, 0.3) is 0 Å². The minimum absolute atomic E-state index is 0.119. The Morgan fingerprint density at radius 2 is 1.58 bits per heavy atom. The number of carbonyl (C=O) groups is 1. The molecule has 3 aromatic carbocycles. The van der Waals surface area contributed by atoms with E-state index < -0.39 is 17.7 Å². The molecule has 3 aromatic rings. The fraction of sp³-hybridized carbons (Fsp3) is 0.345. The zero-order valence-corrected chi connectivity index (χ0v) is 21.5. The summed E-state index contributed by atoms with van der Waals surface area (Å²) < 4.78 is 49.1. The summed E-state index contributed by atoms with van der Waals surface area (Å²) in [5.74, 6) is 0.258. The molecule has 0 amide bonds. The molecule has 0 spiro atoms. The lowest BCUT2D eigenvalue weighted by Crippen LogP contribution is -2.14. The first-order valence-corrected chi connectivity index (χ1v) is 12.9. The van der Waals surface area contributed by atoms with Crippen LogP contribution in [0.15, 0.2) is 71.6 Å². The van der Waals surface area contributed by atoms with Crippen molar-refractivity contribution in [3.63, 3.8) is 0 Å². The van der Waals surface area contributed by atoms with Crippen LogP contribution in [0.25, 0.3) is 11.1 Å². The average molecular weight is 517 g/mol. The summed E-state index contributed by atoms with van der Waals surface area (Å²) in [5, 5.41) is 0.234. The first-order chi connectivity index (χ1) is 17.2. The zero-order chi connectivity index (χ0) is 26.1. The summed E-state index contributed by atoms with van der Waals surface area (Å²) in [6, 6.07) is 19.2. The van der Waals surface area contributed by atoms with E-state index in [0.29, 0.717) is 12.4 Å². The molecule has 0 heterocycles. The Bertz CT molecular complexity index is 1130. The minimum atomic E-state index is -4.34. The van der Waals surface area contributed by atoms with Crippen molar-refractivity contribution >= 4 is 17.7 Å². The number of carbonyl (C=O) groups excluding carboxylic acids is 1. The second kappa shape index (κ2) is 12.9. The first-order valence-electron chi connectivity index (χ1n) is 12.0. The molecule has 192 valence electrons. The monoisotopic (exact) mass is 516 g/mol. The molecule has 0 aliphatic heterocycles. The maximum Gasteiger partial charge on any atom is 0.416 e. The van der Waals surface area contributed by atoms with Crippen molar-refractivity contribution in [1.29, 1.82) is 0 Å². The van der Waals surface area contributed by atoms with E-state index in [2.05, 4.69) is 25.1 Å². The molecule has 0 bridgehead atoms. The average Bonchev–Trinajstić information content (AvgIpc) is 2.86. The Kier molecular flexibility index (Phi) is 9.88.